The molecule has 3 aliphatic heterocycles. The minimum Gasteiger partial charge on any atom is -0.457 e. The molecule has 3 aliphatic rings. The van der Waals surface area contributed by atoms with Crippen molar-refractivity contribution in [2.45, 2.75) is 44.6 Å². The largest absolute Gasteiger partial charge is 0.457 e. The fourth-order valence-corrected chi connectivity index (χ4v) is 6.18. The first-order chi connectivity index (χ1) is 19.5. The highest BCUT2D eigenvalue weighted by molar-refractivity contribution is 6.02. The molecule has 8 nitrogen and oxygen atoms in total. The van der Waals surface area contributed by atoms with Gasteiger partial charge in [-0.1, -0.05) is 24.3 Å². The quantitative estimate of drug-likeness (QED) is 0.492. The number of hydrogen-bond donors (Lipinski definition) is 1. The topological polar surface area (TPSA) is 84.0 Å². The Hall–Kier alpha value is -3.91. The maximum atomic E-state index is 13.5. The second-order valence-corrected chi connectivity index (χ2v) is 11.2. The van der Waals surface area contributed by atoms with Gasteiger partial charge in [0.1, 0.15) is 23.2 Å². The highest BCUT2D eigenvalue weighted by atomic mass is 16.5. The number of hydrogen-bond acceptors (Lipinski definition) is 6. The third-order valence-corrected chi connectivity index (χ3v) is 8.75. The minimum atomic E-state index is -0.641. The summed E-state index contributed by atoms with van der Waals surface area (Å²) < 4.78 is 11.5. The summed E-state index contributed by atoms with van der Waals surface area (Å²) in [6, 6.07) is 18.5. The molecular weight excluding hydrogens is 504 g/mol. The molecule has 0 unspecified atom stereocenters. The molecule has 4 heterocycles. The minimum absolute atomic E-state index is 0.124. The fraction of sp³-hybridized carbons (Fsp3) is 0.406. The zero-order chi connectivity index (χ0) is 27.5. The first-order valence-electron chi connectivity index (χ1n) is 14.2. The van der Waals surface area contributed by atoms with Crippen LogP contribution in [0.5, 0.6) is 11.5 Å². The zero-order valence-electron chi connectivity index (χ0n) is 23.0. The molecule has 1 spiro atoms. The van der Waals surface area contributed by atoms with E-state index in [1.54, 1.807) is 24.1 Å². The van der Waals surface area contributed by atoms with Gasteiger partial charge in [0.05, 0.1) is 0 Å². The first kappa shape index (κ1) is 26.3. The van der Waals surface area contributed by atoms with Crippen molar-refractivity contribution in [1.82, 2.24) is 10.3 Å². The Bertz CT molecular complexity index is 1360. The number of benzene rings is 2. The van der Waals surface area contributed by atoms with Crippen LogP contribution >= 0.6 is 0 Å². The number of fused-ring (bicyclic) bond motifs is 1. The molecule has 8 heteroatoms. The van der Waals surface area contributed by atoms with Crippen LogP contribution < -0.4 is 19.9 Å². The molecular formula is C32H36N4O4. The Balaban J connectivity index is 1.12. The molecule has 2 amide bonds. The van der Waals surface area contributed by atoms with E-state index in [0.717, 1.165) is 56.1 Å². The lowest BCUT2D eigenvalue weighted by Gasteiger charge is -2.45. The number of likely N-dealkylation sites (N-methyl/N-ethyl adjacent to an activating group) is 1. The second kappa shape index (κ2) is 11.3. The van der Waals surface area contributed by atoms with Crippen molar-refractivity contribution in [3.05, 3.63) is 78.1 Å². The van der Waals surface area contributed by atoms with E-state index < -0.39 is 11.9 Å². The average molecular weight is 541 g/mol. The Morgan fingerprint density at radius 1 is 1.00 bits per heavy atom. The summed E-state index contributed by atoms with van der Waals surface area (Å²) in [5.74, 6) is 0.662. The Morgan fingerprint density at radius 3 is 2.55 bits per heavy atom. The number of rotatable bonds is 5. The number of piperidine rings is 1. The van der Waals surface area contributed by atoms with Gasteiger partial charge < -0.3 is 24.6 Å². The molecule has 1 atom stereocenters. The number of pyridine rings is 1. The summed E-state index contributed by atoms with van der Waals surface area (Å²) in [4.78, 5) is 35.0. The van der Waals surface area contributed by atoms with Gasteiger partial charge in [-0.3, -0.25) is 14.6 Å². The lowest BCUT2D eigenvalue weighted by atomic mass is 9.72. The molecule has 0 radical (unpaired) electrons. The predicted molar refractivity (Wildman–Crippen MR) is 154 cm³/mol. The zero-order valence-corrected chi connectivity index (χ0v) is 23.0. The summed E-state index contributed by atoms with van der Waals surface area (Å²) >= 11 is 0. The predicted octanol–water partition coefficient (Wildman–Crippen LogP) is 4.98. The molecule has 2 saturated heterocycles. The monoisotopic (exact) mass is 540 g/mol. The molecule has 2 fully saturated rings. The van der Waals surface area contributed by atoms with Gasteiger partial charge in [0, 0.05) is 57.0 Å². The van der Waals surface area contributed by atoms with E-state index in [1.807, 2.05) is 30.3 Å². The number of ether oxygens (including phenoxy) is 2. The Morgan fingerprint density at radius 2 is 1.77 bits per heavy atom. The third kappa shape index (κ3) is 5.54. The molecule has 40 heavy (non-hydrogen) atoms. The molecule has 6 rings (SSSR count). The van der Waals surface area contributed by atoms with Gasteiger partial charge in [0.2, 0.25) is 5.91 Å². The van der Waals surface area contributed by atoms with Crippen molar-refractivity contribution in [1.29, 1.82) is 0 Å². The van der Waals surface area contributed by atoms with E-state index in [4.69, 9.17) is 9.47 Å². The summed E-state index contributed by atoms with van der Waals surface area (Å²) in [6.07, 6.45) is 7.45. The molecule has 2 aromatic carbocycles. The van der Waals surface area contributed by atoms with E-state index in [0.29, 0.717) is 29.8 Å². The fourth-order valence-electron chi connectivity index (χ4n) is 6.18. The maximum Gasteiger partial charge on any atom is 0.270 e. The van der Waals surface area contributed by atoms with E-state index in [9.17, 15) is 9.59 Å². The van der Waals surface area contributed by atoms with Gasteiger partial charge >= 0.3 is 0 Å². The number of carbonyl (C=O) groups excluding carboxylic acids is 2. The number of nitrogens with zero attached hydrogens (tertiary/aromatic N) is 3. The van der Waals surface area contributed by atoms with Gasteiger partial charge in [-0.25, -0.2) is 0 Å². The summed E-state index contributed by atoms with van der Waals surface area (Å²) in [7, 11) is 1.80. The van der Waals surface area contributed by atoms with Crippen LogP contribution in [0, 0.1) is 5.41 Å². The van der Waals surface area contributed by atoms with Crippen LogP contribution in [0.1, 0.15) is 48.2 Å². The van der Waals surface area contributed by atoms with Gasteiger partial charge in [-0.2, -0.15) is 0 Å². The van der Waals surface area contributed by atoms with Crippen LogP contribution in [0.3, 0.4) is 0 Å². The standard InChI is InChI=1S/C32H36N4O4/c1-35-29-21-24(36-17-12-32(13-18-36)14-19-39-20-15-32)9-7-23(29)8-10-27(31(35)38)34-30(37)28-22-26(11-16-33-28)40-25-5-3-2-4-6-25/h2-7,9,11,16,21-22,27H,8,10,12-15,17-20H2,1H3,(H,34,37)/t27-/m1/s1. The van der Waals surface area contributed by atoms with Crippen molar-refractivity contribution in [2.75, 3.05) is 43.2 Å². The highest BCUT2D eigenvalue weighted by Gasteiger charge is 2.36. The van der Waals surface area contributed by atoms with Gasteiger partial charge in [-0.15, -0.1) is 0 Å². The van der Waals surface area contributed by atoms with Crippen LogP contribution in [0.25, 0.3) is 0 Å². The Labute approximate surface area is 235 Å². The molecule has 0 saturated carbocycles. The normalized spacial score (nSPS) is 20.5. The maximum absolute atomic E-state index is 13.5. The first-order valence-corrected chi connectivity index (χ1v) is 14.2. The average Bonchev–Trinajstić information content (AvgIpc) is 3.10. The molecule has 1 aromatic heterocycles. The Kier molecular flexibility index (Phi) is 7.43. The van der Waals surface area contributed by atoms with Gasteiger partial charge in [0.25, 0.3) is 5.91 Å². The number of carbonyl (C=O) groups is 2. The SMILES string of the molecule is CN1C(=O)[C@H](NC(=O)c2cc(Oc3ccccc3)ccn2)CCc2ccc(N3CCC4(CCOCC4)CC3)cc21. The molecule has 3 aromatic rings. The van der Waals surface area contributed by atoms with Crippen molar-refractivity contribution < 1.29 is 19.1 Å². The van der Waals surface area contributed by atoms with Gasteiger partial charge in [0.15, 0.2) is 0 Å². The number of aryl methyl sites for hydroxylation is 1. The lowest BCUT2D eigenvalue weighted by Crippen LogP contribution is -2.47. The van der Waals surface area contributed by atoms with Crippen molar-refractivity contribution in [3.8, 4) is 11.5 Å². The summed E-state index contributed by atoms with van der Waals surface area (Å²) in [5.41, 5.74) is 3.83. The van der Waals surface area contributed by atoms with E-state index in [2.05, 4.69) is 33.4 Å². The highest BCUT2D eigenvalue weighted by Crippen LogP contribution is 2.42. The van der Waals surface area contributed by atoms with Crippen LogP contribution in [0.15, 0.2) is 66.9 Å². The van der Waals surface area contributed by atoms with Crippen molar-refractivity contribution in [3.63, 3.8) is 0 Å². The van der Waals surface area contributed by atoms with E-state index in [1.165, 1.54) is 19.0 Å². The number of amides is 2. The number of nitrogens with one attached hydrogen (secondary N) is 1. The number of anilines is 2. The smallest absolute Gasteiger partial charge is 0.270 e. The van der Waals surface area contributed by atoms with E-state index >= 15 is 0 Å². The summed E-state index contributed by atoms with van der Waals surface area (Å²) in [6.45, 7) is 3.81. The number of para-hydroxylation sites is 1. The number of aromatic nitrogens is 1. The summed E-state index contributed by atoms with van der Waals surface area (Å²) in [5, 5.41) is 2.92. The lowest BCUT2D eigenvalue weighted by molar-refractivity contribution is -0.120. The molecule has 208 valence electrons. The molecule has 0 bridgehead atoms. The van der Waals surface area contributed by atoms with Crippen LogP contribution in [-0.2, 0) is 16.0 Å². The molecule has 0 aliphatic carbocycles. The molecule has 1 N–H and O–H groups in total. The van der Waals surface area contributed by atoms with Crippen molar-refractivity contribution >= 4 is 23.2 Å². The van der Waals surface area contributed by atoms with Crippen LogP contribution in [-0.4, -0.2) is 56.2 Å². The van der Waals surface area contributed by atoms with Crippen LogP contribution in [0.4, 0.5) is 11.4 Å². The van der Waals surface area contributed by atoms with Crippen LogP contribution in [0.2, 0.25) is 0 Å². The third-order valence-electron chi connectivity index (χ3n) is 8.75. The van der Waals surface area contributed by atoms with Crippen molar-refractivity contribution in [2.24, 2.45) is 5.41 Å². The second-order valence-electron chi connectivity index (χ2n) is 11.2. The van der Waals surface area contributed by atoms with E-state index in [-0.39, 0.29) is 11.6 Å². The van der Waals surface area contributed by atoms with Gasteiger partial charge in [-0.05, 0) is 79.8 Å².